The van der Waals surface area contributed by atoms with Crippen LogP contribution in [-0.4, -0.2) is 30.4 Å². The summed E-state index contributed by atoms with van der Waals surface area (Å²) in [7, 11) is 1.66. The molecule has 1 N–H and O–H groups in total. The van der Waals surface area contributed by atoms with Crippen LogP contribution < -0.4 is 10.1 Å². The first kappa shape index (κ1) is 19.9. The molecule has 1 heterocycles. The van der Waals surface area contributed by atoms with Crippen LogP contribution in [0.4, 0.5) is 0 Å². The van der Waals surface area contributed by atoms with Crippen LogP contribution in [0.15, 0.2) is 42.5 Å². The van der Waals surface area contributed by atoms with Crippen molar-refractivity contribution in [3.63, 3.8) is 0 Å². The van der Waals surface area contributed by atoms with Crippen LogP contribution in [0.2, 0.25) is 0 Å². The van der Waals surface area contributed by atoms with E-state index in [1.807, 2.05) is 48.2 Å². The number of hydrogen-bond acceptors (Lipinski definition) is 3. The van der Waals surface area contributed by atoms with Gasteiger partial charge in [-0.05, 0) is 54.7 Å². The minimum absolute atomic E-state index is 0.0565. The zero-order chi connectivity index (χ0) is 20.1. The SMILES string of the molecule is CC[C@H](NC(=O)c1ccc(CN2CCCC2=O)cc1)c1ccc(OC)c(C)c1. The van der Waals surface area contributed by atoms with Crippen molar-refractivity contribution >= 4 is 11.8 Å². The minimum Gasteiger partial charge on any atom is -0.496 e. The third-order valence-corrected chi connectivity index (χ3v) is 5.30. The molecule has 0 aliphatic carbocycles. The van der Waals surface area contributed by atoms with Crippen molar-refractivity contribution < 1.29 is 14.3 Å². The molecule has 28 heavy (non-hydrogen) atoms. The third kappa shape index (κ3) is 4.53. The second-order valence-electron chi connectivity index (χ2n) is 7.28. The van der Waals surface area contributed by atoms with Crippen LogP contribution in [0.1, 0.15) is 59.3 Å². The number of carbonyl (C=O) groups is 2. The van der Waals surface area contributed by atoms with Crippen LogP contribution in [0.3, 0.4) is 0 Å². The average Bonchev–Trinajstić information content (AvgIpc) is 3.11. The maximum atomic E-state index is 12.7. The summed E-state index contributed by atoms with van der Waals surface area (Å²) >= 11 is 0. The molecule has 5 nitrogen and oxygen atoms in total. The van der Waals surface area contributed by atoms with E-state index in [1.54, 1.807) is 7.11 Å². The van der Waals surface area contributed by atoms with Crippen LogP contribution in [0.25, 0.3) is 0 Å². The lowest BCUT2D eigenvalue weighted by atomic mass is 10.0. The highest BCUT2D eigenvalue weighted by molar-refractivity contribution is 5.94. The fourth-order valence-corrected chi connectivity index (χ4v) is 3.63. The lowest BCUT2D eigenvalue weighted by molar-refractivity contribution is -0.128. The lowest BCUT2D eigenvalue weighted by Crippen LogP contribution is -2.28. The highest BCUT2D eigenvalue weighted by Crippen LogP contribution is 2.24. The second-order valence-corrected chi connectivity index (χ2v) is 7.28. The number of ether oxygens (including phenoxy) is 1. The Morgan fingerprint density at radius 3 is 2.54 bits per heavy atom. The monoisotopic (exact) mass is 380 g/mol. The quantitative estimate of drug-likeness (QED) is 0.790. The minimum atomic E-state index is -0.0934. The van der Waals surface area contributed by atoms with Crippen LogP contribution in [-0.2, 0) is 11.3 Å². The summed E-state index contributed by atoms with van der Waals surface area (Å²) in [6, 6.07) is 13.5. The molecule has 0 radical (unpaired) electrons. The molecule has 3 rings (SSSR count). The molecule has 1 atom stereocenters. The maximum Gasteiger partial charge on any atom is 0.251 e. The number of rotatable bonds is 7. The standard InChI is InChI=1S/C23H28N2O3/c1-4-20(19-11-12-21(28-3)16(2)14-19)24-23(27)18-9-7-17(8-10-18)15-25-13-5-6-22(25)26/h7-12,14,20H,4-6,13,15H2,1-3H3,(H,24,27)/t20-/m0/s1. The van der Waals surface area contributed by atoms with E-state index in [-0.39, 0.29) is 17.9 Å². The summed E-state index contributed by atoms with van der Waals surface area (Å²) < 4.78 is 5.32. The smallest absolute Gasteiger partial charge is 0.251 e. The van der Waals surface area contributed by atoms with Gasteiger partial charge in [0.25, 0.3) is 5.91 Å². The summed E-state index contributed by atoms with van der Waals surface area (Å²) in [6.45, 7) is 5.49. The number of aryl methyl sites for hydroxylation is 1. The van der Waals surface area contributed by atoms with E-state index in [0.717, 1.165) is 41.8 Å². The maximum absolute atomic E-state index is 12.7. The van der Waals surface area contributed by atoms with E-state index in [2.05, 4.69) is 18.3 Å². The van der Waals surface area contributed by atoms with Crippen molar-refractivity contribution in [2.24, 2.45) is 0 Å². The molecule has 0 unspecified atom stereocenters. The Balaban J connectivity index is 1.65. The first-order valence-corrected chi connectivity index (χ1v) is 9.84. The van der Waals surface area contributed by atoms with E-state index in [9.17, 15) is 9.59 Å². The number of methoxy groups -OCH3 is 1. The van der Waals surface area contributed by atoms with E-state index in [1.165, 1.54) is 0 Å². The largest absolute Gasteiger partial charge is 0.496 e. The van der Waals surface area contributed by atoms with Gasteiger partial charge in [-0.3, -0.25) is 9.59 Å². The molecule has 2 amide bonds. The molecule has 5 heteroatoms. The van der Waals surface area contributed by atoms with Gasteiger partial charge in [-0.15, -0.1) is 0 Å². The van der Waals surface area contributed by atoms with Gasteiger partial charge in [-0.1, -0.05) is 31.2 Å². The molecule has 1 aliphatic heterocycles. The number of amides is 2. The number of benzene rings is 2. The van der Waals surface area contributed by atoms with Crippen LogP contribution in [0.5, 0.6) is 5.75 Å². The molecule has 2 aromatic carbocycles. The molecule has 0 saturated carbocycles. The van der Waals surface area contributed by atoms with Crippen molar-refractivity contribution in [1.29, 1.82) is 0 Å². The Bertz CT molecular complexity index is 845. The van der Waals surface area contributed by atoms with Crippen molar-refractivity contribution in [1.82, 2.24) is 10.2 Å². The number of carbonyl (C=O) groups excluding carboxylic acids is 2. The molecule has 1 fully saturated rings. The molecule has 1 aliphatic rings. The van der Waals surface area contributed by atoms with Crippen molar-refractivity contribution in [2.45, 2.75) is 45.7 Å². The molecule has 0 bridgehead atoms. The third-order valence-electron chi connectivity index (χ3n) is 5.30. The fourth-order valence-electron chi connectivity index (χ4n) is 3.63. The number of likely N-dealkylation sites (tertiary alicyclic amines) is 1. The van der Waals surface area contributed by atoms with Gasteiger partial charge >= 0.3 is 0 Å². The molecule has 148 valence electrons. The predicted molar refractivity (Wildman–Crippen MR) is 109 cm³/mol. The second kappa shape index (κ2) is 8.91. The van der Waals surface area contributed by atoms with Gasteiger partial charge in [0.1, 0.15) is 5.75 Å². The van der Waals surface area contributed by atoms with E-state index in [4.69, 9.17) is 4.74 Å². The number of nitrogens with zero attached hydrogens (tertiary/aromatic N) is 1. The summed E-state index contributed by atoms with van der Waals surface area (Å²) in [6.07, 6.45) is 2.37. The van der Waals surface area contributed by atoms with Crippen LogP contribution in [0, 0.1) is 6.92 Å². The molecular formula is C23H28N2O3. The van der Waals surface area contributed by atoms with Gasteiger partial charge in [0, 0.05) is 25.1 Å². The predicted octanol–water partition coefficient (Wildman–Crippen LogP) is 4.01. The topological polar surface area (TPSA) is 58.6 Å². The Morgan fingerprint density at radius 2 is 1.96 bits per heavy atom. The van der Waals surface area contributed by atoms with E-state index < -0.39 is 0 Å². The van der Waals surface area contributed by atoms with Gasteiger partial charge in [-0.25, -0.2) is 0 Å². The Morgan fingerprint density at radius 1 is 1.21 bits per heavy atom. The van der Waals surface area contributed by atoms with Gasteiger partial charge in [0.2, 0.25) is 5.91 Å². The number of hydrogen-bond donors (Lipinski definition) is 1. The van der Waals surface area contributed by atoms with Gasteiger partial charge in [0.15, 0.2) is 0 Å². The van der Waals surface area contributed by atoms with Crippen molar-refractivity contribution in [3.8, 4) is 5.75 Å². The molecule has 0 aromatic heterocycles. The highest BCUT2D eigenvalue weighted by atomic mass is 16.5. The molecule has 2 aromatic rings. The zero-order valence-corrected chi connectivity index (χ0v) is 16.8. The molecule has 0 spiro atoms. The van der Waals surface area contributed by atoms with Gasteiger partial charge in [-0.2, -0.15) is 0 Å². The van der Waals surface area contributed by atoms with Crippen molar-refractivity contribution in [2.75, 3.05) is 13.7 Å². The zero-order valence-electron chi connectivity index (χ0n) is 16.8. The Labute approximate surface area is 166 Å². The van der Waals surface area contributed by atoms with Crippen LogP contribution >= 0.6 is 0 Å². The van der Waals surface area contributed by atoms with Gasteiger partial charge in [0.05, 0.1) is 13.2 Å². The highest BCUT2D eigenvalue weighted by Gasteiger charge is 2.20. The number of nitrogens with one attached hydrogen (secondary N) is 1. The lowest BCUT2D eigenvalue weighted by Gasteiger charge is -2.19. The van der Waals surface area contributed by atoms with E-state index >= 15 is 0 Å². The first-order valence-electron chi connectivity index (χ1n) is 9.84. The van der Waals surface area contributed by atoms with Gasteiger partial charge < -0.3 is 15.0 Å². The van der Waals surface area contributed by atoms with Crippen molar-refractivity contribution in [3.05, 3.63) is 64.7 Å². The Kier molecular flexibility index (Phi) is 6.34. The molecule has 1 saturated heterocycles. The average molecular weight is 380 g/mol. The summed E-state index contributed by atoms with van der Waals surface area (Å²) in [5.41, 5.74) is 3.79. The Hall–Kier alpha value is -2.82. The summed E-state index contributed by atoms with van der Waals surface area (Å²) in [5, 5.41) is 3.12. The summed E-state index contributed by atoms with van der Waals surface area (Å²) in [5.74, 6) is 0.962. The first-order chi connectivity index (χ1) is 13.5. The fraction of sp³-hybridized carbons (Fsp3) is 0.391. The molecular weight excluding hydrogens is 352 g/mol. The van der Waals surface area contributed by atoms with E-state index in [0.29, 0.717) is 18.5 Å². The summed E-state index contributed by atoms with van der Waals surface area (Å²) in [4.78, 5) is 26.3. The normalized spacial score (nSPS) is 14.8.